The van der Waals surface area contributed by atoms with E-state index in [1.807, 2.05) is 12.3 Å². The predicted octanol–water partition coefficient (Wildman–Crippen LogP) is 2.88. The van der Waals surface area contributed by atoms with Crippen molar-refractivity contribution >= 4 is 40.0 Å². The van der Waals surface area contributed by atoms with Crippen molar-refractivity contribution in [3.63, 3.8) is 0 Å². The minimum absolute atomic E-state index is 0.0931. The van der Waals surface area contributed by atoms with E-state index in [1.54, 1.807) is 6.07 Å². The number of H-pyrrole nitrogens is 1. The highest BCUT2D eigenvalue weighted by Gasteiger charge is 2.08. The maximum Gasteiger partial charge on any atom is 0.230 e. The first-order valence-corrected chi connectivity index (χ1v) is 8.42. The van der Waals surface area contributed by atoms with Crippen LogP contribution in [0.2, 0.25) is 0 Å². The molecule has 0 aliphatic carbocycles. The molecule has 2 heterocycles. The van der Waals surface area contributed by atoms with Crippen LogP contribution in [0.4, 0.5) is 4.39 Å². The van der Waals surface area contributed by atoms with Crippen molar-refractivity contribution < 1.29 is 9.18 Å². The number of thiazole rings is 1. The molecule has 2 aromatic heterocycles. The summed E-state index contributed by atoms with van der Waals surface area (Å²) < 4.78 is 14.0. The van der Waals surface area contributed by atoms with Gasteiger partial charge in [0.2, 0.25) is 5.91 Å². The van der Waals surface area contributed by atoms with Crippen LogP contribution in [-0.2, 0) is 11.3 Å². The zero-order chi connectivity index (χ0) is 15.5. The number of nitrogens with one attached hydrogen (secondary N) is 2. The Morgan fingerprint density at radius 2 is 2.32 bits per heavy atom. The SMILES string of the molecule is Cc1csc(SCC(=O)NCc2nc3ccc(F)cc3[nH]2)n1. The lowest BCUT2D eigenvalue weighted by atomic mass is 10.3. The molecule has 0 atom stereocenters. The number of nitrogens with zero attached hydrogens (tertiary/aromatic N) is 2. The van der Waals surface area contributed by atoms with Crippen molar-refractivity contribution in [1.82, 2.24) is 20.3 Å². The standard InChI is InChI=1S/C14H13FN4OS2/c1-8-6-21-14(17-8)22-7-13(20)16-5-12-18-10-3-2-9(15)4-11(10)19-12/h2-4,6H,5,7H2,1H3,(H,16,20)(H,18,19). The fraction of sp³-hybridized carbons (Fsp3) is 0.214. The van der Waals surface area contributed by atoms with Gasteiger partial charge in [-0.3, -0.25) is 4.79 Å². The van der Waals surface area contributed by atoms with E-state index >= 15 is 0 Å². The van der Waals surface area contributed by atoms with Crippen LogP contribution in [0.1, 0.15) is 11.5 Å². The molecule has 114 valence electrons. The normalized spacial score (nSPS) is 11.0. The molecule has 1 amide bonds. The average Bonchev–Trinajstić information content (AvgIpc) is 3.08. The molecule has 0 aliphatic heterocycles. The Morgan fingerprint density at radius 3 is 3.09 bits per heavy atom. The first-order chi connectivity index (χ1) is 10.6. The van der Waals surface area contributed by atoms with Crippen molar-refractivity contribution in [2.24, 2.45) is 0 Å². The van der Waals surface area contributed by atoms with E-state index in [2.05, 4.69) is 20.3 Å². The highest BCUT2D eigenvalue weighted by Crippen LogP contribution is 2.21. The monoisotopic (exact) mass is 336 g/mol. The molecular weight excluding hydrogens is 323 g/mol. The Balaban J connectivity index is 1.53. The molecule has 3 aromatic rings. The smallest absolute Gasteiger partial charge is 0.230 e. The van der Waals surface area contributed by atoms with Crippen molar-refractivity contribution in [1.29, 1.82) is 0 Å². The van der Waals surface area contributed by atoms with Crippen LogP contribution >= 0.6 is 23.1 Å². The van der Waals surface area contributed by atoms with Crippen LogP contribution in [-0.4, -0.2) is 26.6 Å². The number of aromatic nitrogens is 3. The van der Waals surface area contributed by atoms with Gasteiger partial charge in [-0.2, -0.15) is 0 Å². The van der Waals surface area contributed by atoms with E-state index in [-0.39, 0.29) is 18.3 Å². The number of imidazole rings is 1. The Morgan fingerprint density at radius 1 is 1.45 bits per heavy atom. The van der Waals surface area contributed by atoms with E-state index in [4.69, 9.17) is 0 Å². The second-order valence-electron chi connectivity index (χ2n) is 4.67. The maximum absolute atomic E-state index is 13.1. The third-order valence-corrected chi connectivity index (χ3v) is 5.01. The van der Waals surface area contributed by atoms with Gasteiger partial charge in [-0.15, -0.1) is 11.3 Å². The molecule has 0 aliphatic rings. The molecule has 22 heavy (non-hydrogen) atoms. The Bertz CT molecular complexity index is 814. The highest BCUT2D eigenvalue weighted by atomic mass is 32.2. The fourth-order valence-electron chi connectivity index (χ4n) is 1.88. The van der Waals surface area contributed by atoms with Gasteiger partial charge in [0.05, 0.1) is 23.3 Å². The number of carbonyl (C=O) groups is 1. The molecule has 3 rings (SSSR count). The Kier molecular flexibility index (Phi) is 4.39. The molecule has 8 heteroatoms. The van der Waals surface area contributed by atoms with Gasteiger partial charge >= 0.3 is 0 Å². The van der Waals surface area contributed by atoms with Gasteiger partial charge in [-0.1, -0.05) is 11.8 Å². The summed E-state index contributed by atoms with van der Waals surface area (Å²) in [7, 11) is 0. The minimum atomic E-state index is -0.318. The summed E-state index contributed by atoms with van der Waals surface area (Å²) in [6.45, 7) is 2.21. The number of amides is 1. The van der Waals surface area contributed by atoms with E-state index < -0.39 is 0 Å². The number of thioether (sulfide) groups is 1. The number of halogens is 1. The number of hydrogen-bond acceptors (Lipinski definition) is 5. The number of aryl methyl sites for hydroxylation is 1. The van der Waals surface area contributed by atoms with Crippen LogP contribution in [0.25, 0.3) is 11.0 Å². The molecular formula is C14H13FN4OS2. The Labute approximate surface area is 134 Å². The van der Waals surface area contributed by atoms with Gasteiger partial charge in [0.1, 0.15) is 11.6 Å². The summed E-state index contributed by atoms with van der Waals surface area (Å²) in [5.74, 6) is 0.498. The van der Waals surface area contributed by atoms with Gasteiger partial charge in [0.25, 0.3) is 0 Å². The summed E-state index contributed by atoms with van der Waals surface area (Å²) in [5.41, 5.74) is 2.26. The quantitative estimate of drug-likeness (QED) is 0.703. The first-order valence-electron chi connectivity index (χ1n) is 6.56. The second kappa shape index (κ2) is 6.45. The van der Waals surface area contributed by atoms with Crippen LogP contribution in [0.15, 0.2) is 27.9 Å². The summed E-state index contributed by atoms with van der Waals surface area (Å²) in [5, 5.41) is 4.73. The number of aromatic amines is 1. The zero-order valence-electron chi connectivity index (χ0n) is 11.7. The molecule has 0 bridgehead atoms. The number of benzene rings is 1. The van der Waals surface area contributed by atoms with E-state index in [1.165, 1.54) is 35.2 Å². The topological polar surface area (TPSA) is 70.7 Å². The van der Waals surface area contributed by atoms with E-state index in [9.17, 15) is 9.18 Å². The lowest BCUT2D eigenvalue weighted by Crippen LogP contribution is -2.25. The summed E-state index contributed by atoms with van der Waals surface area (Å²) in [6.07, 6.45) is 0. The molecule has 0 fully saturated rings. The molecule has 0 spiro atoms. The molecule has 5 nitrogen and oxygen atoms in total. The largest absolute Gasteiger partial charge is 0.348 e. The van der Waals surface area contributed by atoms with E-state index in [0.717, 1.165) is 10.0 Å². The van der Waals surface area contributed by atoms with Gasteiger partial charge in [0.15, 0.2) is 4.34 Å². The number of rotatable bonds is 5. The molecule has 0 unspecified atom stereocenters. The highest BCUT2D eigenvalue weighted by molar-refractivity contribution is 8.01. The van der Waals surface area contributed by atoms with Crippen LogP contribution in [0.5, 0.6) is 0 Å². The first kappa shape index (κ1) is 15.0. The van der Waals surface area contributed by atoms with Crippen molar-refractivity contribution in [3.8, 4) is 0 Å². The summed E-state index contributed by atoms with van der Waals surface area (Å²) >= 11 is 2.93. The number of fused-ring (bicyclic) bond motifs is 1. The molecule has 0 saturated carbocycles. The fourth-order valence-corrected chi connectivity index (χ4v) is 3.56. The molecule has 2 N–H and O–H groups in total. The van der Waals surface area contributed by atoms with Crippen LogP contribution < -0.4 is 5.32 Å². The van der Waals surface area contributed by atoms with Crippen LogP contribution in [0, 0.1) is 12.7 Å². The minimum Gasteiger partial charge on any atom is -0.348 e. The predicted molar refractivity (Wildman–Crippen MR) is 85.5 cm³/mol. The van der Waals surface area contributed by atoms with Crippen molar-refractivity contribution in [3.05, 3.63) is 40.9 Å². The zero-order valence-corrected chi connectivity index (χ0v) is 13.4. The van der Waals surface area contributed by atoms with Crippen molar-refractivity contribution in [2.45, 2.75) is 17.8 Å². The van der Waals surface area contributed by atoms with Gasteiger partial charge < -0.3 is 10.3 Å². The van der Waals surface area contributed by atoms with Gasteiger partial charge in [-0.05, 0) is 25.1 Å². The second-order valence-corrected chi connectivity index (χ2v) is 6.75. The van der Waals surface area contributed by atoms with Gasteiger partial charge in [-0.25, -0.2) is 14.4 Å². The van der Waals surface area contributed by atoms with Crippen molar-refractivity contribution in [2.75, 3.05) is 5.75 Å². The van der Waals surface area contributed by atoms with Crippen LogP contribution in [0.3, 0.4) is 0 Å². The summed E-state index contributed by atoms with van der Waals surface area (Å²) in [6, 6.07) is 4.35. The average molecular weight is 336 g/mol. The maximum atomic E-state index is 13.1. The molecule has 0 saturated heterocycles. The Hall–Kier alpha value is -1.93. The van der Waals surface area contributed by atoms with Gasteiger partial charge in [0, 0.05) is 11.1 Å². The third-order valence-electron chi connectivity index (χ3n) is 2.87. The number of hydrogen-bond donors (Lipinski definition) is 2. The third kappa shape index (κ3) is 3.63. The molecule has 1 aromatic carbocycles. The van der Waals surface area contributed by atoms with E-state index in [0.29, 0.717) is 22.6 Å². The molecule has 0 radical (unpaired) electrons. The number of carbonyl (C=O) groups excluding carboxylic acids is 1. The lowest BCUT2D eigenvalue weighted by Gasteiger charge is -2.01. The summed E-state index contributed by atoms with van der Waals surface area (Å²) in [4.78, 5) is 23.4. The lowest BCUT2D eigenvalue weighted by molar-refractivity contribution is -0.118.